The van der Waals surface area contributed by atoms with Crippen LogP contribution in [-0.4, -0.2) is 22.0 Å². The van der Waals surface area contributed by atoms with Gasteiger partial charge < -0.3 is 15.1 Å². The number of nitrogens with two attached hydrogens (primary N) is 1. The minimum absolute atomic E-state index is 0.0782. The molecule has 40 heavy (non-hydrogen) atoms. The van der Waals surface area contributed by atoms with Crippen molar-refractivity contribution in [1.29, 1.82) is 0 Å². The van der Waals surface area contributed by atoms with Crippen molar-refractivity contribution in [2.75, 3.05) is 5.73 Å². The summed E-state index contributed by atoms with van der Waals surface area (Å²) in [4.78, 5) is 30.3. The van der Waals surface area contributed by atoms with Gasteiger partial charge in [0.05, 0.1) is 5.52 Å². The van der Waals surface area contributed by atoms with E-state index in [2.05, 4.69) is 35.7 Å². The van der Waals surface area contributed by atoms with Crippen molar-refractivity contribution in [2.24, 2.45) is 11.1 Å². The fraction of sp³-hybridized carbons (Fsp3) is 0.265. The average molecular weight is 534 g/mol. The second-order valence-corrected chi connectivity index (χ2v) is 10.4. The van der Waals surface area contributed by atoms with E-state index in [1.54, 1.807) is 12.1 Å². The number of hydrogen-bond donors (Lipinski definition) is 1. The second-order valence-electron chi connectivity index (χ2n) is 10.4. The number of carbonyl (C=O) groups excluding carboxylic acids is 2. The molecule has 0 saturated carbocycles. The number of oxime groups is 1. The number of aromatic nitrogens is 1. The van der Waals surface area contributed by atoms with Crippen LogP contribution in [0.4, 0.5) is 5.69 Å². The minimum atomic E-state index is -0.587. The maximum absolute atomic E-state index is 13.8. The number of unbranched alkanes of at least 4 members (excludes halogenated alkanes) is 1. The lowest BCUT2D eigenvalue weighted by Crippen LogP contribution is -2.17. The van der Waals surface area contributed by atoms with Crippen LogP contribution in [0.15, 0.2) is 84.0 Å². The Balaban J connectivity index is 1.71. The highest BCUT2D eigenvalue weighted by atomic mass is 16.7. The summed E-state index contributed by atoms with van der Waals surface area (Å²) < 4.78 is 2.41. The van der Waals surface area contributed by atoms with Crippen LogP contribution in [0.25, 0.3) is 32.6 Å². The summed E-state index contributed by atoms with van der Waals surface area (Å²) in [7, 11) is 0. The molecular formula is C34H35N3O3. The van der Waals surface area contributed by atoms with E-state index in [0.717, 1.165) is 45.5 Å². The molecule has 0 fully saturated rings. The topological polar surface area (TPSA) is 86.7 Å². The molecule has 0 bridgehead atoms. The Morgan fingerprint density at radius 1 is 0.875 bits per heavy atom. The zero-order valence-corrected chi connectivity index (χ0v) is 23.3. The average Bonchev–Trinajstić information content (AvgIpc) is 3.28. The molecule has 6 nitrogen and oxygen atoms in total. The van der Waals surface area contributed by atoms with E-state index in [1.807, 2.05) is 54.6 Å². The summed E-state index contributed by atoms with van der Waals surface area (Å²) >= 11 is 0. The Morgan fingerprint density at radius 3 is 2.30 bits per heavy atom. The van der Waals surface area contributed by atoms with Crippen LogP contribution in [-0.2, 0) is 16.2 Å². The van der Waals surface area contributed by atoms with Gasteiger partial charge in [-0.3, -0.25) is 4.79 Å². The van der Waals surface area contributed by atoms with E-state index >= 15 is 0 Å². The molecular weight excluding hydrogens is 498 g/mol. The molecule has 1 unspecified atom stereocenters. The van der Waals surface area contributed by atoms with E-state index in [9.17, 15) is 9.59 Å². The number of ketones is 1. The first-order valence-electron chi connectivity index (χ1n) is 14.0. The first-order valence-corrected chi connectivity index (χ1v) is 14.0. The fourth-order valence-electron chi connectivity index (χ4n) is 5.57. The van der Waals surface area contributed by atoms with Gasteiger partial charge in [0, 0.05) is 57.3 Å². The number of fused-ring (bicyclic) bond motifs is 5. The third-order valence-electron chi connectivity index (χ3n) is 7.67. The van der Waals surface area contributed by atoms with E-state index < -0.39 is 5.97 Å². The van der Waals surface area contributed by atoms with E-state index in [0.29, 0.717) is 22.7 Å². The summed E-state index contributed by atoms with van der Waals surface area (Å²) in [5.74, 6) is -0.369. The Kier molecular flexibility index (Phi) is 7.96. The SMILES string of the molecule is CCCCC(CC)Cn1c2ccc(C(=O)/C(=N/OC(C)=O)c3ccccc3)cc2c2cc(N)c3ccccc3c21. The van der Waals surface area contributed by atoms with Gasteiger partial charge in [-0.1, -0.05) is 92.9 Å². The standard InChI is InChI=1S/C34H35N3O3/c1-4-6-12-23(5-2)21-37-31-18-17-25(34(39)32(36-40-22(3)38)24-13-8-7-9-14-24)19-28(31)29-20-30(35)26-15-10-11-16-27(26)33(29)37/h7-11,13-20,23H,4-6,12,21,35H2,1-3H3/b36-32+. The van der Waals surface area contributed by atoms with Gasteiger partial charge in [-0.25, -0.2) is 4.79 Å². The zero-order valence-electron chi connectivity index (χ0n) is 23.3. The lowest BCUT2D eigenvalue weighted by Gasteiger charge is -2.18. The van der Waals surface area contributed by atoms with Gasteiger partial charge in [0.2, 0.25) is 5.78 Å². The highest BCUT2D eigenvalue weighted by Gasteiger charge is 2.22. The molecule has 6 heteroatoms. The molecule has 0 aliphatic carbocycles. The van der Waals surface area contributed by atoms with Gasteiger partial charge in [-0.2, -0.15) is 0 Å². The molecule has 2 N–H and O–H groups in total. The molecule has 0 aliphatic heterocycles. The van der Waals surface area contributed by atoms with Crippen LogP contribution in [0.2, 0.25) is 0 Å². The largest absolute Gasteiger partial charge is 0.398 e. The highest BCUT2D eigenvalue weighted by Crippen LogP contribution is 2.38. The molecule has 0 radical (unpaired) electrons. The number of rotatable bonds is 10. The van der Waals surface area contributed by atoms with Gasteiger partial charge in [-0.15, -0.1) is 0 Å². The predicted octanol–water partition coefficient (Wildman–Crippen LogP) is 7.90. The summed E-state index contributed by atoms with van der Waals surface area (Å²) in [5, 5.41) is 8.05. The predicted molar refractivity (Wildman–Crippen MR) is 164 cm³/mol. The molecule has 5 rings (SSSR count). The molecule has 1 heterocycles. The van der Waals surface area contributed by atoms with Crippen molar-refractivity contribution in [2.45, 2.75) is 53.0 Å². The Morgan fingerprint density at radius 2 is 1.60 bits per heavy atom. The van der Waals surface area contributed by atoms with Gasteiger partial charge in [0.1, 0.15) is 0 Å². The second kappa shape index (κ2) is 11.7. The summed E-state index contributed by atoms with van der Waals surface area (Å²) in [6.45, 7) is 6.64. The maximum Gasteiger partial charge on any atom is 0.332 e. The molecule has 0 saturated heterocycles. The Bertz CT molecular complexity index is 1730. The third-order valence-corrected chi connectivity index (χ3v) is 7.67. The van der Waals surface area contributed by atoms with Crippen molar-refractivity contribution in [3.8, 4) is 0 Å². The number of hydrogen-bond acceptors (Lipinski definition) is 5. The molecule has 4 aromatic carbocycles. The summed E-state index contributed by atoms with van der Waals surface area (Å²) in [6, 6.07) is 25.1. The summed E-state index contributed by atoms with van der Waals surface area (Å²) in [6.07, 6.45) is 4.64. The number of Topliss-reactive ketones (excluding diaryl/α,β-unsaturated/α-hetero) is 1. The number of anilines is 1. The number of nitrogen functional groups attached to an aromatic ring is 1. The number of benzene rings is 4. The van der Waals surface area contributed by atoms with Crippen molar-refractivity contribution < 1.29 is 14.4 Å². The number of carbonyl (C=O) groups is 2. The molecule has 0 spiro atoms. The maximum atomic E-state index is 13.8. The van der Waals surface area contributed by atoms with E-state index in [-0.39, 0.29) is 11.5 Å². The van der Waals surface area contributed by atoms with E-state index in [4.69, 9.17) is 10.6 Å². The minimum Gasteiger partial charge on any atom is -0.398 e. The molecule has 1 atom stereocenters. The fourth-order valence-corrected chi connectivity index (χ4v) is 5.57. The van der Waals surface area contributed by atoms with Crippen molar-refractivity contribution >= 4 is 55.7 Å². The van der Waals surface area contributed by atoms with Gasteiger partial charge in [0.25, 0.3) is 0 Å². The monoisotopic (exact) mass is 533 g/mol. The number of nitrogens with zero attached hydrogens (tertiary/aromatic N) is 2. The van der Waals surface area contributed by atoms with E-state index in [1.165, 1.54) is 26.2 Å². The van der Waals surface area contributed by atoms with Crippen LogP contribution < -0.4 is 5.73 Å². The van der Waals surface area contributed by atoms with Crippen LogP contribution in [0.5, 0.6) is 0 Å². The van der Waals surface area contributed by atoms with Crippen LogP contribution in [0.3, 0.4) is 0 Å². The van der Waals surface area contributed by atoms with Gasteiger partial charge in [0.15, 0.2) is 5.71 Å². The molecule has 5 aromatic rings. The van der Waals surface area contributed by atoms with Crippen LogP contribution in [0, 0.1) is 5.92 Å². The van der Waals surface area contributed by atoms with Crippen LogP contribution >= 0.6 is 0 Å². The van der Waals surface area contributed by atoms with Crippen molar-refractivity contribution in [1.82, 2.24) is 4.57 Å². The highest BCUT2D eigenvalue weighted by molar-refractivity contribution is 6.51. The summed E-state index contributed by atoms with van der Waals surface area (Å²) in [5.41, 5.74) is 10.6. The quantitative estimate of drug-likeness (QED) is 0.0650. The molecule has 204 valence electrons. The third kappa shape index (κ3) is 5.22. The van der Waals surface area contributed by atoms with Crippen LogP contribution in [0.1, 0.15) is 62.4 Å². The van der Waals surface area contributed by atoms with Crippen molar-refractivity contribution in [3.05, 3.63) is 90.0 Å². The lowest BCUT2D eigenvalue weighted by atomic mass is 9.98. The smallest absolute Gasteiger partial charge is 0.332 e. The van der Waals surface area contributed by atoms with Crippen molar-refractivity contribution in [3.63, 3.8) is 0 Å². The Labute approximate surface area is 234 Å². The first kappa shape index (κ1) is 27.1. The molecule has 1 aromatic heterocycles. The molecule has 0 aliphatic rings. The van der Waals surface area contributed by atoms with Gasteiger partial charge >= 0.3 is 5.97 Å². The zero-order chi connectivity index (χ0) is 28.2. The van der Waals surface area contributed by atoms with Gasteiger partial charge in [-0.05, 0) is 36.6 Å². The Hall–Kier alpha value is -4.45. The molecule has 0 amide bonds. The first-order chi connectivity index (χ1) is 19.4. The normalized spacial score (nSPS) is 12.7. The lowest BCUT2D eigenvalue weighted by molar-refractivity contribution is -0.140.